The lowest BCUT2D eigenvalue weighted by atomic mass is 9.78. The summed E-state index contributed by atoms with van der Waals surface area (Å²) in [7, 11) is 0. The molecular formula is C32H41F3O2. The second kappa shape index (κ2) is 13.5. The van der Waals surface area contributed by atoms with E-state index in [-0.39, 0.29) is 17.8 Å². The van der Waals surface area contributed by atoms with Crippen molar-refractivity contribution in [2.75, 3.05) is 13.2 Å². The normalized spacial score (nSPS) is 24.5. The lowest BCUT2D eigenvalue weighted by molar-refractivity contribution is 0.0230. The molecule has 2 aliphatic rings. The topological polar surface area (TPSA) is 18.5 Å². The Balaban J connectivity index is 1.30. The molecule has 2 aromatic rings. The molecule has 2 fully saturated rings. The molecule has 0 saturated heterocycles. The van der Waals surface area contributed by atoms with Crippen molar-refractivity contribution in [2.24, 2.45) is 5.92 Å². The summed E-state index contributed by atoms with van der Waals surface area (Å²) < 4.78 is 55.5. The average molecular weight is 515 g/mol. The minimum atomic E-state index is -0.742. The number of allylic oxidation sites excluding steroid dienone is 1. The van der Waals surface area contributed by atoms with Gasteiger partial charge in [0.1, 0.15) is 0 Å². The first kappa shape index (κ1) is 27.8. The van der Waals surface area contributed by atoms with Gasteiger partial charge in [0.15, 0.2) is 23.2 Å². The van der Waals surface area contributed by atoms with E-state index in [1.165, 1.54) is 0 Å². The van der Waals surface area contributed by atoms with E-state index >= 15 is 4.39 Å². The van der Waals surface area contributed by atoms with Crippen LogP contribution in [0.3, 0.4) is 0 Å². The van der Waals surface area contributed by atoms with Crippen molar-refractivity contribution >= 4 is 6.08 Å². The zero-order chi connectivity index (χ0) is 26.2. The minimum Gasteiger partial charge on any atom is -0.491 e. The number of ether oxygens (including phenoxy) is 2. The third kappa shape index (κ3) is 7.19. The number of benzene rings is 2. The minimum absolute atomic E-state index is 0.0567. The van der Waals surface area contributed by atoms with Gasteiger partial charge in [-0.1, -0.05) is 43.7 Å². The van der Waals surface area contributed by atoms with Gasteiger partial charge >= 0.3 is 0 Å². The summed E-state index contributed by atoms with van der Waals surface area (Å²) in [5.41, 5.74) is 1.83. The summed E-state index contributed by atoms with van der Waals surface area (Å²) in [5, 5.41) is 0. The van der Waals surface area contributed by atoms with Gasteiger partial charge in [0, 0.05) is 12.2 Å². The predicted molar refractivity (Wildman–Crippen MR) is 144 cm³/mol. The van der Waals surface area contributed by atoms with Crippen LogP contribution >= 0.6 is 0 Å². The van der Waals surface area contributed by atoms with Crippen LogP contribution in [0.5, 0.6) is 5.75 Å². The van der Waals surface area contributed by atoms with E-state index in [0.29, 0.717) is 35.3 Å². The lowest BCUT2D eigenvalue weighted by Gasteiger charge is -2.29. The monoisotopic (exact) mass is 514 g/mol. The Morgan fingerprint density at radius 2 is 1.57 bits per heavy atom. The smallest absolute Gasteiger partial charge is 0.166 e. The highest BCUT2D eigenvalue weighted by atomic mass is 19.2. The van der Waals surface area contributed by atoms with Crippen molar-refractivity contribution in [3.8, 4) is 5.75 Å². The largest absolute Gasteiger partial charge is 0.491 e. The summed E-state index contributed by atoms with van der Waals surface area (Å²) in [6.45, 7) is 5.22. The van der Waals surface area contributed by atoms with Gasteiger partial charge in [-0.2, -0.15) is 0 Å². The summed E-state index contributed by atoms with van der Waals surface area (Å²) in [6, 6.07) is 8.77. The van der Waals surface area contributed by atoms with Crippen molar-refractivity contribution in [1.29, 1.82) is 0 Å². The van der Waals surface area contributed by atoms with Gasteiger partial charge in [0.2, 0.25) is 0 Å². The number of hydrogen-bond acceptors (Lipinski definition) is 2. The second-order valence-corrected chi connectivity index (χ2v) is 10.7. The molecule has 202 valence electrons. The molecule has 5 heteroatoms. The van der Waals surface area contributed by atoms with E-state index in [4.69, 9.17) is 9.47 Å². The standard InChI is InChI=1S/C32H41F3O2/c1-3-5-20-37-27-16-12-24(13-17-27)28-18-14-25(31(34)32(28)35)11-8-22-6-9-23(10-7-22)26-15-19-30(36-4-2)29(33)21-26/h8,11,14-15,18-19,21-24,27H,3-7,9-10,12-13,16-17,20H2,1-2H3/b11-8+. The maximum Gasteiger partial charge on any atom is 0.166 e. The summed E-state index contributed by atoms with van der Waals surface area (Å²) in [6.07, 6.45) is 13.5. The Kier molecular flexibility index (Phi) is 10.1. The molecule has 2 saturated carbocycles. The lowest BCUT2D eigenvalue weighted by Crippen LogP contribution is -2.22. The highest BCUT2D eigenvalue weighted by Gasteiger charge is 2.27. The molecule has 4 rings (SSSR count). The molecule has 0 spiro atoms. The molecule has 0 radical (unpaired) electrons. The average Bonchev–Trinajstić information content (AvgIpc) is 2.92. The number of rotatable bonds is 10. The molecule has 0 unspecified atom stereocenters. The Morgan fingerprint density at radius 1 is 0.838 bits per heavy atom. The Labute approximate surface area is 220 Å². The summed E-state index contributed by atoms with van der Waals surface area (Å²) in [5.74, 6) is -0.763. The maximum atomic E-state index is 15.0. The van der Waals surface area contributed by atoms with Crippen LogP contribution in [-0.2, 0) is 4.74 Å². The van der Waals surface area contributed by atoms with Gasteiger partial charge < -0.3 is 9.47 Å². The Hall–Kier alpha value is -2.27. The molecule has 0 atom stereocenters. The van der Waals surface area contributed by atoms with E-state index in [1.807, 2.05) is 19.1 Å². The fourth-order valence-electron chi connectivity index (χ4n) is 5.89. The van der Waals surface area contributed by atoms with E-state index in [1.54, 1.807) is 30.3 Å². The second-order valence-electron chi connectivity index (χ2n) is 10.7. The number of hydrogen-bond donors (Lipinski definition) is 0. The first-order valence-electron chi connectivity index (χ1n) is 14.2. The highest BCUT2D eigenvalue weighted by molar-refractivity contribution is 5.52. The molecular weight excluding hydrogens is 473 g/mol. The third-order valence-corrected chi connectivity index (χ3v) is 8.15. The predicted octanol–water partition coefficient (Wildman–Crippen LogP) is 9.33. The Morgan fingerprint density at radius 3 is 2.24 bits per heavy atom. The van der Waals surface area contributed by atoms with Crippen molar-refractivity contribution in [3.05, 3.63) is 70.5 Å². The van der Waals surface area contributed by atoms with Gasteiger partial charge in [0.05, 0.1) is 12.7 Å². The molecule has 0 aliphatic heterocycles. The fourth-order valence-corrected chi connectivity index (χ4v) is 5.89. The SMILES string of the molecule is CCCCOC1CCC(c2ccc(/C=C/C3CCC(c4ccc(OCC)c(F)c4)CC3)c(F)c2F)CC1. The number of halogens is 3. The van der Waals surface area contributed by atoms with Crippen molar-refractivity contribution in [3.63, 3.8) is 0 Å². The molecule has 0 N–H and O–H groups in total. The van der Waals surface area contributed by atoms with E-state index < -0.39 is 11.6 Å². The molecule has 2 nitrogen and oxygen atoms in total. The molecule has 0 bridgehead atoms. The number of unbranched alkanes of at least 4 members (excludes halogenated alkanes) is 1. The fraction of sp³-hybridized carbons (Fsp3) is 0.562. The molecule has 0 amide bonds. The van der Waals surface area contributed by atoms with E-state index in [0.717, 1.165) is 76.4 Å². The van der Waals surface area contributed by atoms with Crippen LogP contribution in [0.2, 0.25) is 0 Å². The molecule has 0 heterocycles. The maximum absolute atomic E-state index is 15.0. The quantitative estimate of drug-likeness (QED) is 0.294. The van der Waals surface area contributed by atoms with Crippen LogP contribution in [0.1, 0.15) is 107 Å². The van der Waals surface area contributed by atoms with Crippen LogP contribution < -0.4 is 4.74 Å². The van der Waals surface area contributed by atoms with Gasteiger partial charge in [-0.05, 0) is 106 Å². The van der Waals surface area contributed by atoms with Gasteiger partial charge in [-0.3, -0.25) is 0 Å². The first-order chi connectivity index (χ1) is 18.0. The summed E-state index contributed by atoms with van der Waals surface area (Å²) in [4.78, 5) is 0. The summed E-state index contributed by atoms with van der Waals surface area (Å²) >= 11 is 0. The van der Waals surface area contributed by atoms with Crippen molar-refractivity contribution in [1.82, 2.24) is 0 Å². The first-order valence-corrected chi connectivity index (χ1v) is 14.2. The van der Waals surface area contributed by atoms with Gasteiger partial charge in [0.25, 0.3) is 0 Å². The van der Waals surface area contributed by atoms with Crippen molar-refractivity contribution < 1.29 is 22.6 Å². The highest BCUT2D eigenvalue weighted by Crippen LogP contribution is 2.39. The molecule has 2 aromatic carbocycles. The van der Waals surface area contributed by atoms with Crippen LogP contribution in [0, 0.1) is 23.4 Å². The molecule has 2 aliphatic carbocycles. The zero-order valence-corrected chi connectivity index (χ0v) is 22.3. The molecule has 0 aromatic heterocycles. The van der Waals surface area contributed by atoms with E-state index in [9.17, 15) is 8.78 Å². The van der Waals surface area contributed by atoms with Gasteiger partial charge in [-0.15, -0.1) is 0 Å². The van der Waals surface area contributed by atoms with Crippen LogP contribution in [0.25, 0.3) is 6.08 Å². The van der Waals surface area contributed by atoms with E-state index in [2.05, 4.69) is 6.92 Å². The van der Waals surface area contributed by atoms with Crippen LogP contribution in [0.4, 0.5) is 13.2 Å². The van der Waals surface area contributed by atoms with Gasteiger partial charge in [-0.25, -0.2) is 13.2 Å². The third-order valence-electron chi connectivity index (χ3n) is 8.15. The Bertz CT molecular complexity index is 1030. The van der Waals surface area contributed by atoms with Crippen LogP contribution in [-0.4, -0.2) is 19.3 Å². The molecule has 37 heavy (non-hydrogen) atoms. The van der Waals surface area contributed by atoms with Crippen molar-refractivity contribution in [2.45, 2.75) is 96.0 Å². The zero-order valence-electron chi connectivity index (χ0n) is 22.3. The van der Waals surface area contributed by atoms with Crippen LogP contribution in [0.15, 0.2) is 36.4 Å².